The van der Waals surface area contributed by atoms with Crippen LogP contribution in [0.2, 0.25) is 0 Å². The topological polar surface area (TPSA) is 204 Å². The van der Waals surface area contributed by atoms with Crippen LogP contribution in [0.1, 0.15) is 11.4 Å². The number of carbonyl (C=O) groups is 4. The van der Waals surface area contributed by atoms with Crippen molar-refractivity contribution in [2.75, 3.05) is 26.2 Å². The van der Waals surface area contributed by atoms with E-state index in [-0.39, 0.29) is 13.1 Å². The predicted molar refractivity (Wildman–Crippen MR) is 143 cm³/mol. The summed E-state index contributed by atoms with van der Waals surface area (Å²) in [7, 11) is 0. The van der Waals surface area contributed by atoms with E-state index in [4.69, 9.17) is 20.4 Å². The molecule has 16 heteroatoms. The lowest BCUT2D eigenvalue weighted by atomic mass is 10.2. The van der Waals surface area contributed by atoms with E-state index in [1.807, 2.05) is 29.6 Å². The zero-order valence-corrected chi connectivity index (χ0v) is 22.2. The Hall–Kier alpha value is -4.93. The molecule has 0 fully saturated rings. The Morgan fingerprint density at radius 1 is 0.707 bits per heavy atom. The lowest BCUT2D eigenvalue weighted by Crippen LogP contribution is -2.34. The quantitative estimate of drug-likeness (QED) is 0.155. The van der Waals surface area contributed by atoms with Gasteiger partial charge in [-0.3, -0.25) is 29.0 Å². The third kappa shape index (κ3) is 8.28. The van der Waals surface area contributed by atoms with Crippen LogP contribution < -0.4 is 0 Å². The number of aromatic nitrogens is 5. The van der Waals surface area contributed by atoms with E-state index in [0.717, 1.165) is 10.4 Å². The number of hydrogen-bond donors (Lipinski definition) is 4. The number of hydrogen-bond acceptors (Lipinski definition) is 10. The zero-order chi connectivity index (χ0) is 29.5. The number of carboxylic acids is 4. The highest BCUT2D eigenvalue weighted by molar-refractivity contribution is 7.13. The summed E-state index contributed by atoms with van der Waals surface area (Å²) in [6.07, 6.45) is 3.26. The smallest absolute Gasteiger partial charge is 0.317 e. The molecule has 4 aromatic heterocycles. The van der Waals surface area contributed by atoms with Crippen LogP contribution >= 0.6 is 11.3 Å². The van der Waals surface area contributed by atoms with Crippen LogP contribution in [0.25, 0.3) is 22.1 Å². The molecule has 0 saturated carbocycles. The minimum absolute atomic E-state index is 0.00518. The zero-order valence-electron chi connectivity index (χ0n) is 21.4. The van der Waals surface area contributed by atoms with Crippen LogP contribution in [0.5, 0.6) is 0 Å². The van der Waals surface area contributed by atoms with Gasteiger partial charge in [0.2, 0.25) is 0 Å². The van der Waals surface area contributed by atoms with E-state index >= 15 is 0 Å². The Morgan fingerprint density at radius 2 is 1.15 bits per heavy atom. The van der Waals surface area contributed by atoms with Crippen molar-refractivity contribution >= 4 is 35.2 Å². The molecule has 0 aliphatic heterocycles. The summed E-state index contributed by atoms with van der Waals surface area (Å²) in [4.78, 5) is 52.7. The number of thiophene rings is 1. The fraction of sp³-hybridized carbons (Fsp3) is 0.240. The average molecular weight is 584 g/mol. The van der Waals surface area contributed by atoms with Gasteiger partial charge in [0.1, 0.15) is 0 Å². The van der Waals surface area contributed by atoms with Crippen molar-refractivity contribution in [2.45, 2.75) is 13.1 Å². The van der Waals surface area contributed by atoms with Gasteiger partial charge in [0, 0.05) is 30.4 Å². The van der Waals surface area contributed by atoms with E-state index in [9.17, 15) is 19.2 Å². The second-order valence-electron chi connectivity index (χ2n) is 8.92. The van der Waals surface area contributed by atoms with Gasteiger partial charge < -0.3 is 20.4 Å². The van der Waals surface area contributed by atoms with Gasteiger partial charge in [-0.1, -0.05) is 6.07 Å². The summed E-state index contributed by atoms with van der Waals surface area (Å²) in [5, 5.41) is 47.3. The molecular weight excluding hydrogens is 558 g/mol. The van der Waals surface area contributed by atoms with Crippen molar-refractivity contribution in [1.82, 2.24) is 34.3 Å². The molecule has 0 aromatic carbocycles. The molecule has 0 atom stereocenters. The van der Waals surface area contributed by atoms with E-state index in [2.05, 4.69) is 15.2 Å². The molecular formula is C25H25N7O8S. The van der Waals surface area contributed by atoms with E-state index in [1.165, 1.54) is 30.5 Å². The fourth-order valence-electron chi connectivity index (χ4n) is 4.03. The maximum atomic E-state index is 11.2. The maximum Gasteiger partial charge on any atom is 0.317 e. The Morgan fingerprint density at radius 3 is 1.51 bits per heavy atom. The van der Waals surface area contributed by atoms with Crippen LogP contribution in [0.4, 0.5) is 0 Å². The van der Waals surface area contributed by atoms with Gasteiger partial charge in [-0.15, -0.1) is 11.3 Å². The van der Waals surface area contributed by atoms with Crippen LogP contribution in [-0.2, 0) is 32.3 Å². The summed E-state index contributed by atoms with van der Waals surface area (Å²) in [6.45, 7) is -1.87. The molecule has 0 radical (unpaired) electrons. The molecule has 0 bridgehead atoms. The molecule has 0 amide bonds. The molecule has 4 aromatic rings. The standard InChI is InChI=1S/C25H25N7O8S/c33-22(34)12-29(13-23(35)36)10-17-3-5-31(27-17)20-8-16(19-2-1-7-41-19)9-21(26-20)32-6-4-18(28-32)11-30(14-24(37)38)15-25(39)40/h1-9H,10-15H2,(H,33,34)(H,35,36)(H,37,38)(H,39,40). The number of pyridine rings is 1. The van der Waals surface area contributed by atoms with Crippen LogP contribution in [0, 0.1) is 0 Å². The summed E-state index contributed by atoms with van der Waals surface area (Å²) in [6, 6.07) is 10.7. The monoisotopic (exact) mass is 583 g/mol. The Labute approximate surface area is 236 Å². The first kappa shape index (κ1) is 29.1. The highest BCUT2D eigenvalue weighted by Crippen LogP contribution is 2.28. The highest BCUT2D eigenvalue weighted by Gasteiger charge is 2.18. The first-order chi connectivity index (χ1) is 19.5. The summed E-state index contributed by atoms with van der Waals surface area (Å²) in [5.74, 6) is -3.81. The molecule has 0 unspecified atom stereocenters. The van der Waals surface area contributed by atoms with Gasteiger partial charge in [-0.2, -0.15) is 10.2 Å². The van der Waals surface area contributed by atoms with Crippen molar-refractivity contribution in [1.29, 1.82) is 0 Å². The van der Waals surface area contributed by atoms with Gasteiger partial charge >= 0.3 is 23.9 Å². The normalized spacial score (nSPS) is 11.3. The molecule has 0 aliphatic carbocycles. The third-order valence-electron chi connectivity index (χ3n) is 5.57. The molecule has 0 aliphatic rings. The largest absolute Gasteiger partial charge is 0.480 e. The Kier molecular flexibility index (Phi) is 9.18. The fourth-order valence-corrected chi connectivity index (χ4v) is 4.74. The molecule has 4 N–H and O–H groups in total. The van der Waals surface area contributed by atoms with Crippen molar-refractivity contribution < 1.29 is 39.6 Å². The SMILES string of the molecule is O=C(O)CN(CC(=O)O)Cc1ccn(-c2cc(-c3cccs3)cc(-n3ccc(CN(CC(=O)O)CC(=O)O)n3)n2)n1. The molecule has 214 valence electrons. The molecule has 15 nitrogen and oxygen atoms in total. The summed E-state index contributed by atoms with van der Waals surface area (Å²) in [5.41, 5.74) is 1.69. The van der Waals surface area contributed by atoms with Gasteiger partial charge in [0.25, 0.3) is 0 Å². The second-order valence-corrected chi connectivity index (χ2v) is 9.87. The van der Waals surface area contributed by atoms with Crippen molar-refractivity contribution in [3.8, 4) is 22.1 Å². The van der Waals surface area contributed by atoms with Gasteiger partial charge in [-0.05, 0) is 41.3 Å². The van der Waals surface area contributed by atoms with Gasteiger partial charge in [0.15, 0.2) is 11.6 Å². The van der Waals surface area contributed by atoms with Crippen molar-refractivity contribution in [3.63, 3.8) is 0 Å². The lowest BCUT2D eigenvalue weighted by molar-refractivity contribution is -0.144. The van der Waals surface area contributed by atoms with Gasteiger partial charge in [0.05, 0.1) is 37.6 Å². The van der Waals surface area contributed by atoms with Crippen LogP contribution in [0.3, 0.4) is 0 Å². The number of nitrogens with zero attached hydrogens (tertiary/aromatic N) is 7. The number of rotatable bonds is 15. The van der Waals surface area contributed by atoms with E-state index < -0.39 is 50.1 Å². The number of aliphatic carboxylic acids is 4. The maximum absolute atomic E-state index is 11.2. The molecule has 41 heavy (non-hydrogen) atoms. The summed E-state index contributed by atoms with van der Waals surface area (Å²) >= 11 is 1.51. The highest BCUT2D eigenvalue weighted by atomic mass is 32.1. The van der Waals surface area contributed by atoms with Gasteiger partial charge in [-0.25, -0.2) is 14.3 Å². The minimum atomic E-state index is -1.16. The summed E-state index contributed by atoms with van der Waals surface area (Å²) < 4.78 is 2.98. The first-order valence-corrected chi connectivity index (χ1v) is 12.9. The molecule has 4 rings (SSSR count). The molecule has 0 saturated heterocycles. The third-order valence-corrected chi connectivity index (χ3v) is 6.49. The first-order valence-electron chi connectivity index (χ1n) is 12.0. The van der Waals surface area contributed by atoms with Crippen molar-refractivity contribution in [3.05, 3.63) is 65.6 Å². The molecule has 0 spiro atoms. The number of carboxylic acid groups (broad SMARTS) is 4. The Bertz CT molecular complexity index is 1420. The van der Waals surface area contributed by atoms with E-state index in [1.54, 1.807) is 24.5 Å². The van der Waals surface area contributed by atoms with Crippen molar-refractivity contribution in [2.24, 2.45) is 0 Å². The lowest BCUT2D eigenvalue weighted by Gasteiger charge is -2.16. The predicted octanol–water partition coefficient (Wildman–Crippen LogP) is 1.12. The van der Waals surface area contributed by atoms with Crippen LogP contribution in [0.15, 0.2) is 54.2 Å². The Balaban J connectivity index is 1.63. The second kappa shape index (κ2) is 12.9. The van der Waals surface area contributed by atoms with Crippen LogP contribution in [-0.4, -0.2) is 105 Å². The minimum Gasteiger partial charge on any atom is -0.480 e. The average Bonchev–Trinajstić information content (AvgIpc) is 3.65. The van der Waals surface area contributed by atoms with E-state index in [0.29, 0.717) is 23.0 Å². The molecule has 4 heterocycles.